The predicted octanol–water partition coefficient (Wildman–Crippen LogP) is 5.24. The van der Waals surface area contributed by atoms with Crippen LogP contribution in [0.4, 0.5) is 0 Å². The van der Waals surface area contributed by atoms with Crippen LogP contribution < -0.4 is 24.8 Å². The molecular formula is C43H48Cl2Zr-2. The van der Waals surface area contributed by atoms with Crippen molar-refractivity contribution in [2.45, 2.75) is 81.1 Å². The van der Waals surface area contributed by atoms with Gasteiger partial charge in [0.05, 0.1) is 0 Å². The average Bonchev–Trinajstić information content (AvgIpc) is 3.61. The molecule has 0 nitrogen and oxygen atoms in total. The molecule has 0 saturated heterocycles. The molecule has 6 rings (SSSR count). The van der Waals surface area contributed by atoms with Gasteiger partial charge in [0.25, 0.3) is 0 Å². The molecule has 0 fully saturated rings. The van der Waals surface area contributed by atoms with Crippen molar-refractivity contribution in [3.63, 3.8) is 0 Å². The Hall–Kier alpha value is -2.31. The summed E-state index contributed by atoms with van der Waals surface area (Å²) in [6.45, 7) is 17.5. The van der Waals surface area contributed by atoms with E-state index in [1.54, 1.807) is 0 Å². The van der Waals surface area contributed by atoms with Crippen LogP contribution in [0.5, 0.6) is 0 Å². The van der Waals surface area contributed by atoms with Crippen molar-refractivity contribution < 1.29 is 49.0 Å². The fraction of sp³-hybridized carbons (Fsp3) is 0.326. The van der Waals surface area contributed by atoms with Gasteiger partial charge in [0.2, 0.25) is 0 Å². The largest absolute Gasteiger partial charge is 1.00 e. The third-order valence-electron chi connectivity index (χ3n) is 8.34. The molecule has 0 amide bonds. The van der Waals surface area contributed by atoms with Gasteiger partial charge in [-0.25, -0.2) is 6.08 Å². The first-order valence-electron chi connectivity index (χ1n) is 16.1. The minimum Gasteiger partial charge on any atom is -1.00 e. The van der Waals surface area contributed by atoms with E-state index in [1.807, 2.05) is 0 Å². The van der Waals surface area contributed by atoms with Gasteiger partial charge in [0, 0.05) is 0 Å². The normalized spacial score (nSPS) is 13.9. The number of hydrogen-bond donors (Lipinski definition) is 0. The molecule has 46 heavy (non-hydrogen) atoms. The van der Waals surface area contributed by atoms with Gasteiger partial charge in [0.15, 0.2) is 0 Å². The Bertz CT molecular complexity index is 1540. The minimum atomic E-state index is 0. The Morgan fingerprint density at radius 1 is 0.761 bits per heavy atom. The van der Waals surface area contributed by atoms with E-state index in [9.17, 15) is 0 Å². The van der Waals surface area contributed by atoms with E-state index >= 15 is 0 Å². The molecule has 0 saturated carbocycles. The second-order valence-electron chi connectivity index (χ2n) is 13.4. The summed E-state index contributed by atoms with van der Waals surface area (Å²) >= 11 is 1.46. The van der Waals surface area contributed by atoms with Crippen molar-refractivity contribution in [3.8, 4) is 11.1 Å². The van der Waals surface area contributed by atoms with Gasteiger partial charge in [-0.05, 0) is 18.9 Å². The van der Waals surface area contributed by atoms with Gasteiger partial charge < -0.3 is 24.8 Å². The molecule has 4 aromatic carbocycles. The van der Waals surface area contributed by atoms with Crippen molar-refractivity contribution in [1.82, 2.24) is 0 Å². The van der Waals surface area contributed by atoms with E-state index in [2.05, 4.69) is 159 Å². The average molecular weight is 727 g/mol. The van der Waals surface area contributed by atoms with Gasteiger partial charge in [-0.2, -0.15) is 35.4 Å². The first-order chi connectivity index (χ1) is 20.9. The Kier molecular flexibility index (Phi) is 15.9. The van der Waals surface area contributed by atoms with Gasteiger partial charge in [-0.1, -0.05) is 94.5 Å². The topological polar surface area (TPSA) is 0 Å². The van der Waals surface area contributed by atoms with E-state index in [4.69, 9.17) is 0 Å². The number of unbranched alkanes of at least 4 members (excludes halogenated alkanes) is 1. The molecule has 240 valence electrons. The maximum Gasteiger partial charge on any atom is -1.00 e. The zero-order chi connectivity index (χ0) is 31.9. The van der Waals surface area contributed by atoms with Crippen molar-refractivity contribution in [1.29, 1.82) is 0 Å². The molecule has 1 atom stereocenters. The van der Waals surface area contributed by atoms with Crippen LogP contribution >= 0.6 is 0 Å². The van der Waals surface area contributed by atoms with E-state index in [1.165, 1.54) is 108 Å². The number of fused-ring (bicyclic) bond motifs is 3. The molecule has 0 aromatic heterocycles. The molecule has 4 aromatic rings. The van der Waals surface area contributed by atoms with E-state index in [0.717, 1.165) is 6.42 Å². The maximum atomic E-state index is 3.45. The number of allylic oxidation sites excluding steroid dienone is 4. The fourth-order valence-electron chi connectivity index (χ4n) is 5.54. The van der Waals surface area contributed by atoms with Crippen molar-refractivity contribution in [2.75, 3.05) is 0 Å². The van der Waals surface area contributed by atoms with Crippen LogP contribution in [0, 0.1) is 51.2 Å². The van der Waals surface area contributed by atoms with Gasteiger partial charge in [0.1, 0.15) is 0 Å². The number of hydrogen-bond acceptors (Lipinski definition) is 0. The van der Waals surface area contributed by atoms with Gasteiger partial charge >= 0.3 is 112 Å². The summed E-state index contributed by atoms with van der Waals surface area (Å²) < 4.78 is 1.42. The summed E-state index contributed by atoms with van der Waals surface area (Å²) in [6, 6.07) is 32.1. The minimum absolute atomic E-state index is 0. The molecule has 0 heterocycles. The predicted molar refractivity (Wildman–Crippen MR) is 187 cm³/mol. The molecule has 2 aliphatic carbocycles. The van der Waals surface area contributed by atoms with Gasteiger partial charge in [-0.15, -0.1) is 11.1 Å². The number of halogens is 2. The first kappa shape index (κ1) is 39.9. The second kappa shape index (κ2) is 18.3. The van der Waals surface area contributed by atoms with E-state index < -0.39 is 0 Å². The first-order valence-corrected chi connectivity index (χ1v) is 17.3. The molecule has 0 bridgehead atoms. The van der Waals surface area contributed by atoms with Crippen LogP contribution in [-0.2, 0) is 30.7 Å². The van der Waals surface area contributed by atoms with Crippen LogP contribution in [0.2, 0.25) is 0 Å². The maximum absolute atomic E-state index is 3.45. The third-order valence-corrected chi connectivity index (χ3v) is 9.76. The molecule has 2 aliphatic rings. The van der Waals surface area contributed by atoms with Crippen LogP contribution in [0.1, 0.15) is 91.5 Å². The summed E-state index contributed by atoms with van der Waals surface area (Å²) in [5, 5.41) is 0. The molecule has 0 aliphatic heterocycles. The zero-order valence-corrected chi connectivity index (χ0v) is 32.8. The smallest absolute Gasteiger partial charge is 1.00 e. The molecule has 0 radical (unpaired) electrons. The standard InChI is InChI=1S/C15H13.C15H14.C13H21.2ClH.Zr/c1-10-3-5-14-12(7-10)9-13-8-11(2)4-6-15(13)14;1-12-3-7-14(8-4-12)11-15-9-5-13(2)6-10-15;1-5-6-7-11-8-9-12(10-11)13(2,3)4;;;/h3-7H,9H2,1-2H3;3-10H,1-2H3;9-11H,5-7H2,1-4H3;2*1H;/q-1;;-1;;;+2/p-2. The van der Waals surface area contributed by atoms with Crippen LogP contribution in [0.25, 0.3) is 11.1 Å². The summed E-state index contributed by atoms with van der Waals surface area (Å²) in [6.07, 6.45) is 12.9. The van der Waals surface area contributed by atoms with Crippen molar-refractivity contribution in [2.24, 2.45) is 11.3 Å². The Morgan fingerprint density at radius 2 is 1.30 bits per heavy atom. The van der Waals surface area contributed by atoms with Crippen LogP contribution in [0.15, 0.2) is 96.6 Å². The summed E-state index contributed by atoms with van der Waals surface area (Å²) in [5.74, 6) is 0.592. The van der Waals surface area contributed by atoms with Crippen LogP contribution in [0.3, 0.4) is 0 Å². The Balaban J connectivity index is 0.000000236. The summed E-state index contributed by atoms with van der Waals surface area (Å²) in [7, 11) is 0. The fourth-order valence-corrected chi connectivity index (χ4v) is 6.36. The number of aryl methyl sites for hydroxylation is 4. The van der Waals surface area contributed by atoms with E-state index in [-0.39, 0.29) is 24.8 Å². The molecule has 3 heteroatoms. The Labute approximate surface area is 307 Å². The number of rotatable bonds is 5. The molecule has 1 unspecified atom stereocenters. The van der Waals surface area contributed by atoms with Gasteiger partial charge in [-0.3, -0.25) is 6.08 Å². The van der Waals surface area contributed by atoms with Crippen LogP contribution in [-0.4, -0.2) is 3.21 Å². The summed E-state index contributed by atoms with van der Waals surface area (Å²) in [4.78, 5) is 0. The SMILES string of the molecule is CCCCC1[C-]=CC(C(C)(C)C)=C1.Cc1[c-]c2c(cc1)-c1ccc(C)cc1C2.Cc1ccc([C](=[Zr+2])c2ccc(C)cc2)cc1.[Cl-].[Cl-]. The Morgan fingerprint density at radius 3 is 1.83 bits per heavy atom. The number of benzene rings is 4. The monoisotopic (exact) mass is 724 g/mol. The quantitative estimate of drug-likeness (QED) is 0.218. The molecule has 0 N–H and O–H groups in total. The second-order valence-corrected chi connectivity index (χ2v) is 14.6. The van der Waals surface area contributed by atoms with Crippen molar-refractivity contribution >= 4 is 3.21 Å². The molecule has 0 spiro atoms. The van der Waals surface area contributed by atoms with E-state index in [0.29, 0.717) is 11.3 Å². The third kappa shape index (κ3) is 11.1. The summed E-state index contributed by atoms with van der Waals surface area (Å²) in [5.41, 5.74) is 15.2. The zero-order valence-electron chi connectivity index (χ0n) is 28.8. The molecular weight excluding hydrogens is 679 g/mol. The van der Waals surface area contributed by atoms with Crippen molar-refractivity contribution in [3.05, 3.63) is 153 Å².